The second-order valence-electron chi connectivity index (χ2n) is 3.54. The highest BCUT2D eigenvalue weighted by molar-refractivity contribution is 5.36. The minimum absolute atomic E-state index is 0.0122. The second kappa shape index (κ2) is 2.91. The molecule has 0 bridgehead atoms. The number of hydrogen-bond acceptors (Lipinski definition) is 2. The summed E-state index contributed by atoms with van der Waals surface area (Å²) < 4.78 is 1.86. The lowest BCUT2D eigenvalue weighted by molar-refractivity contribution is 0.666. The lowest BCUT2D eigenvalue weighted by Gasteiger charge is -2.10. The summed E-state index contributed by atoms with van der Waals surface area (Å²) >= 11 is 0. The van der Waals surface area contributed by atoms with Gasteiger partial charge in [-0.15, -0.1) is 0 Å². The van der Waals surface area contributed by atoms with E-state index in [0.717, 1.165) is 25.0 Å². The van der Waals surface area contributed by atoms with Gasteiger partial charge in [0, 0.05) is 11.7 Å². The molecule has 3 nitrogen and oxygen atoms in total. The zero-order valence-corrected chi connectivity index (χ0v) is 7.79. The summed E-state index contributed by atoms with van der Waals surface area (Å²) in [5, 5.41) is 0. The number of pyridine rings is 1. The first-order chi connectivity index (χ1) is 6.24. The van der Waals surface area contributed by atoms with E-state index in [0.29, 0.717) is 11.7 Å². The van der Waals surface area contributed by atoms with E-state index >= 15 is 0 Å². The number of hydrogen-bond donors (Lipinski definition) is 1. The van der Waals surface area contributed by atoms with E-state index in [2.05, 4.69) is 6.92 Å². The van der Waals surface area contributed by atoms with E-state index in [1.54, 1.807) is 6.07 Å². The Bertz CT molecular complexity index is 377. The van der Waals surface area contributed by atoms with Crippen LogP contribution >= 0.6 is 0 Å². The van der Waals surface area contributed by atoms with Crippen molar-refractivity contribution in [2.75, 3.05) is 5.73 Å². The molecule has 1 aromatic rings. The van der Waals surface area contributed by atoms with E-state index < -0.39 is 0 Å². The highest BCUT2D eigenvalue weighted by atomic mass is 16.1. The zero-order valence-electron chi connectivity index (χ0n) is 7.79. The van der Waals surface area contributed by atoms with Crippen molar-refractivity contribution in [1.82, 2.24) is 4.57 Å². The fourth-order valence-corrected chi connectivity index (χ4v) is 1.63. The van der Waals surface area contributed by atoms with Gasteiger partial charge in [-0.05, 0) is 31.4 Å². The van der Waals surface area contributed by atoms with Gasteiger partial charge in [0.15, 0.2) is 0 Å². The van der Waals surface area contributed by atoms with Crippen LogP contribution in [0, 0.1) is 0 Å². The van der Waals surface area contributed by atoms with Gasteiger partial charge in [0.05, 0.1) is 5.69 Å². The van der Waals surface area contributed by atoms with Crippen molar-refractivity contribution >= 4 is 5.69 Å². The van der Waals surface area contributed by atoms with E-state index in [9.17, 15) is 4.79 Å². The molecule has 1 aliphatic carbocycles. The molecule has 1 heterocycles. The lowest BCUT2D eigenvalue weighted by atomic mass is 10.2. The van der Waals surface area contributed by atoms with Gasteiger partial charge in [0.25, 0.3) is 5.56 Å². The Morgan fingerprint density at radius 3 is 2.77 bits per heavy atom. The summed E-state index contributed by atoms with van der Waals surface area (Å²) in [6, 6.07) is 4.08. The first kappa shape index (κ1) is 8.35. The molecule has 1 saturated carbocycles. The minimum atomic E-state index is -0.0122. The fourth-order valence-electron chi connectivity index (χ4n) is 1.63. The number of anilines is 1. The first-order valence-corrected chi connectivity index (χ1v) is 4.74. The molecule has 13 heavy (non-hydrogen) atoms. The van der Waals surface area contributed by atoms with Crippen LogP contribution in [0.4, 0.5) is 5.69 Å². The molecule has 2 rings (SSSR count). The van der Waals surface area contributed by atoms with Crippen LogP contribution in [-0.2, 0) is 6.42 Å². The molecule has 2 N–H and O–H groups in total. The van der Waals surface area contributed by atoms with E-state index in [1.165, 1.54) is 0 Å². The zero-order chi connectivity index (χ0) is 9.42. The molecule has 1 aliphatic rings. The van der Waals surface area contributed by atoms with Crippen LogP contribution in [0.2, 0.25) is 0 Å². The Morgan fingerprint density at radius 1 is 1.54 bits per heavy atom. The summed E-state index contributed by atoms with van der Waals surface area (Å²) in [5.74, 6) is 0. The minimum Gasteiger partial charge on any atom is -0.394 e. The number of aromatic nitrogens is 1. The van der Waals surface area contributed by atoms with Crippen LogP contribution in [0.5, 0.6) is 0 Å². The quantitative estimate of drug-likeness (QED) is 0.742. The van der Waals surface area contributed by atoms with Gasteiger partial charge in [0.1, 0.15) is 0 Å². The third kappa shape index (κ3) is 1.34. The summed E-state index contributed by atoms with van der Waals surface area (Å²) in [4.78, 5) is 11.7. The molecule has 1 aromatic heterocycles. The standard InChI is InChI=1S/C10H14N2O/c1-2-7-5-6-9(11)10(13)12(7)8-3-4-8/h5-6,8H,2-4,11H2,1H3. The SMILES string of the molecule is CCc1ccc(N)c(=O)n1C1CC1. The fraction of sp³-hybridized carbons (Fsp3) is 0.500. The molecule has 0 saturated heterocycles. The van der Waals surface area contributed by atoms with Crippen molar-refractivity contribution in [3.8, 4) is 0 Å². The molecule has 0 spiro atoms. The molecule has 0 atom stereocenters. The van der Waals surface area contributed by atoms with Crippen molar-refractivity contribution in [3.63, 3.8) is 0 Å². The van der Waals surface area contributed by atoms with E-state index in [-0.39, 0.29) is 5.56 Å². The smallest absolute Gasteiger partial charge is 0.274 e. The van der Waals surface area contributed by atoms with Gasteiger partial charge in [-0.2, -0.15) is 0 Å². The van der Waals surface area contributed by atoms with Gasteiger partial charge in [-0.25, -0.2) is 0 Å². The molecule has 0 amide bonds. The Hall–Kier alpha value is -1.25. The van der Waals surface area contributed by atoms with Crippen LogP contribution < -0.4 is 11.3 Å². The Morgan fingerprint density at radius 2 is 2.23 bits per heavy atom. The van der Waals surface area contributed by atoms with Crippen LogP contribution in [0.15, 0.2) is 16.9 Å². The topological polar surface area (TPSA) is 48.0 Å². The summed E-state index contributed by atoms with van der Waals surface area (Å²) in [6.45, 7) is 2.06. The molecule has 0 aliphatic heterocycles. The average Bonchev–Trinajstić information content (AvgIpc) is 2.92. The van der Waals surface area contributed by atoms with Crippen LogP contribution in [-0.4, -0.2) is 4.57 Å². The Kier molecular flexibility index (Phi) is 1.87. The van der Waals surface area contributed by atoms with Crippen molar-refractivity contribution in [2.45, 2.75) is 32.2 Å². The normalized spacial score (nSPS) is 16.1. The van der Waals surface area contributed by atoms with Crippen LogP contribution in [0.25, 0.3) is 0 Å². The Balaban J connectivity index is 2.59. The predicted octanol–water partition coefficient (Wildman–Crippen LogP) is 1.33. The largest absolute Gasteiger partial charge is 0.394 e. The Labute approximate surface area is 77.2 Å². The summed E-state index contributed by atoms with van der Waals surface area (Å²) in [6.07, 6.45) is 3.14. The molecule has 0 radical (unpaired) electrons. The van der Waals surface area contributed by atoms with Crippen LogP contribution in [0.1, 0.15) is 31.5 Å². The van der Waals surface area contributed by atoms with Gasteiger partial charge < -0.3 is 10.3 Å². The molecule has 0 unspecified atom stereocenters. The van der Waals surface area contributed by atoms with Crippen LogP contribution in [0.3, 0.4) is 0 Å². The number of nitrogens with two attached hydrogens (primary N) is 1. The highest BCUT2D eigenvalue weighted by Crippen LogP contribution is 2.34. The molecule has 1 fully saturated rings. The highest BCUT2D eigenvalue weighted by Gasteiger charge is 2.26. The summed E-state index contributed by atoms with van der Waals surface area (Å²) in [7, 11) is 0. The summed E-state index contributed by atoms with van der Waals surface area (Å²) in [5.41, 5.74) is 7.03. The third-order valence-corrected chi connectivity index (χ3v) is 2.50. The number of rotatable bonds is 2. The molecule has 70 valence electrons. The maximum atomic E-state index is 11.7. The van der Waals surface area contributed by atoms with Crippen molar-refractivity contribution < 1.29 is 0 Å². The van der Waals surface area contributed by atoms with E-state index in [1.807, 2.05) is 10.6 Å². The number of aryl methyl sites for hydroxylation is 1. The van der Waals surface area contributed by atoms with Gasteiger partial charge in [-0.1, -0.05) is 6.92 Å². The van der Waals surface area contributed by atoms with Gasteiger partial charge in [0.2, 0.25) is 0 Å². The average molecular weight is 178 g/mol. The molecule has 3 heteroatoms. The van der Waals surface area contributed by atoms with Crippen molar-refractivity contribution in [3.05, 3.63) is 28.2 Å². The van der Waals surface area contributed by atoms with E-state index in [4.69, 9.17) is 5.73 Å². The molecular formula is C10H14N2O. The first-order valence-electron chi connectivity index (χ1n) is 4.74. The van der Waals surface area contributed by atoms with Crippen molar-refractivity contribution in [2.24, 2.45) is 0 Å². The van der Waals surface area contributed by atoms with Gasteiger partial charge >= 0.3 is 0 Å². The van der Waals surface area contributed by atoms with Gasteiger partial charge in [-0.3, -0.25) is 4.79 Å². The monoisotopic (exact) mass is 178 g/mol. The number of nitrogen functional groups attached to an aromatic ring is 1. The third-order valence-electron chi connectivity index (χ3n) is 2.50. The number of nitrogens with zero attached hydrogens (tertiary/aromatic N) is 1. The second-order valence-corrected chi connectivity index (χ2v) is 3.54. The molecular weight excluding hydrogens is 164 g/mol. The lowest BCUT2D eigenvalue weighted by Crippen LogP contribution is -2.24. The van der Waals surface area contributed by atoms with Crippen molar-refractivity contribution in [1.29, 1.82) is 0 Å². The predicted molar refractivity (Wildman–Crippen MR) is 52.8 cm³/mol. The maximum Gasteiger partial charge on any atom is 0.274 e. The molecule has 0 aromatic carbocycles. The maximum absolute atomic E-state index is 11.7.